The number of hydrogen-bond acceptors (Lipinski definition) is 3. The minimum atomic E-state index is 0.205. The number of rotatable bonds is 8. The first kappa shape index (κ1) is 27.6. The lowest BCUT2D eigenvalue weighted by Gasteiger charge is -2.33. The molecule has 0 saturated carbocycles. The monoisotopic (exact) mass is 569 g/mol. The summed E-state index contributed by atoms with van der Waals surface area (Å²) in [5.74, 6) is 0.205. The Balaban J connectivity index is 1.41. The molecule has 4 rings (SSSR count). The fourth-order valence-corrected chi connectivity index (χ4v) is 5.06. The average molecular weight is 571 g/mol. The molecule has 1 fully saturated rings. The van der Waals surface area contributed by atoms with E-state index in [0.29, 0.717) is 12.5 Å². The van der Waals surface area contributed by atoms with Crippen molar-refractivity contribution in [3.05, 3.63) is 118 Å². The number of piperidine rings is 1. The Morgan fingerprint density at radius 2 is 1.74 bits per heavy atom. The van der Waals surface area contributed by atoms with Gasteiger partial charge in [-0.15, -0.1) is 0 Å². The molecular weight excluding hydrogens is 534 g/mol. The Kier molecular flexibility index (Phi) is 9.35. The van der Waals surface area contributed by atoms with E-state index in [0.717, 1.165) is 64.0 Å². The number of amides is 1. The van der Waals surface area contributed by atoms with E-state index < -0.39 is 0 Å². The zero-order valence-electron chi connectivity index (χ0n) is 22.5. The summed E-state index contributed by atoms with van der Waals surface area (Å²) in [6.45, 7) is 11.5. The maximum absolute atomic E-state index is 13.1. The number of nitrogens with one attached hydrogen (secondary N) is 1. The molecule has 4 nitrogen and oxygen atoms in total. The van der Waals surface area contributed by atoms with Crippen molar-refractivity contribution in [1.82, 2.24) is 10.2 Å². The molecule has 3 aromatic rings. The van der Waals surface area contributed by atoms with Gasteiger partial charge < -0.3 is 10.2 Å². The molecule has 0 atom stereocenters. The van der Waals surface area contributed by atoms with Gasteiger partial charge in [-0.3, -0.25) is 9.79 Å². The van der Waals surface area contributed by atoms with Crippen molar-refractivity contribution in [3.63, 3.8) is 0 Å². The minimum absolute atomic E-state index is 0.205. The molecule has 1 aliphatic heterocycles. The molecule has 0 aromatic heterocycles. The molecule has 0 bridgehead atoms. The van der Waals surface area contributed by atoms with Gasteiger partial charge in [-0.25, -0.2) is 0 Å². The maximum atomic E-state index is 13.1. The van der Waals surface area contributed by atoms with Gasteiger partial charge in [-0.05, 0) is 77.5 Å². The van der Waals surface area contributed by atoms with Crippen LogP contribution in [0.3, 0.4) is 0 Å². The number of likely N-dealkylation sites (tertiary alicyclic amines) is 1. The molecule has 5 heteroatoms. The molecule has 1 aliphatic rings. The van der Waals surface area contributed by atoms with Gasteiger partial charge in [-0.1, -0.05) is 79.4 Å². The van der Waals surface area contributed by atoms with Gasteiger partial charge in [0.2, 0.25) is 5.91 Å². The predicted octanol–water partition coefficient (Wildman–Crippen LogP) is 7.48. The second kappa shape index (κ2) is 12.9. The number of carbonyl (C=O) groups is 1. The summed E-state index contributed by atoms with van der Waals surface area (Å²) >= 11 is 3.54. The van der Waals surface area contributed by atoms with Crippen LogP contribution < -0.4 is 5.32 Å². The highest BCUT2D eigenvalue weighted by Gasteiger charge is 2.23. The van der Waals surface area contributed by atoms with Crippen LogP contribution in [-0.2, 0) is 11.2 Å². The van der Waals surface area contributed by atoms with Crippen LogP contribution >= 0.6 is 15.9 Å². The predicted molar refractivity (Wildman–Crippen MR) is 164 cm³/mol. The quantitative estimate of drug-likeness (QED) is 0.226. The molecule has 1 N–H and O–H groups in total. The Morgan fingerprint density at radius 3 is 2.47 bits per heavy atom. The second-order valence-corrected chi connectivity index (χ2v) is 10.7. The van der Waals surface area contributed by atoms with Crippen LogP contribution in [0.1, 0.15) is 43.4 Å². The molecule has 0 unspecified atom stereocenters. The topological polar surface area (TPSA) is 44.7 Å². The van der Waals surface area contributed by atoms with Gasteiger partial charge in [-0.2, -0.15) is 0 Å². The number of fused-ring (bicyclic) bond motifs is 1. The Hall–Kier alpha value is -3.44. The second-order valence-electron chi connectivity index (χ2n) is 9.89. The maximum Gasteiger partial charge on any atom is 0.227 e. The number of benzene rings is 3. The van der Waals surface area contributed by atoms with Crippen LogP contribution in [-0.4, -0.2) is 35.7 Å². The van der Waals surface area contributed by atoms with Gasteiger partial charge in [0.15, 0.2) is 0 Å². The number of aryl methyl sites for hydroxylation is 1. The standard InChI is InChI=1S/C33H36BrN3O/c1-5-31(34)25(4)36-32(29-15-8-6-11-23(29)2)21-24(3)35-28-17-19-37(20-18-28)33(38)22-27-14-10-13-26-12-7-9-16-30(26)27/h5-16,21,28,35H,1,17-20,22H2,2-4H3/b24-21+,31-25-,36-32+. The van der Waals surface area contributed by atoms with Gasteiger partial charge in [0.25, 0.3) is 0 Å². The van der Waals surface area contributed by atoms with E-state index in [9.17, 15) is 4.79 Å². The highest BCUT2D eigenvalue weighted by atomic mass is 79.9. The Bertz CT molecular complexity index is 1410. The zero-order valence-corrected chi connectivity index (χ0v) is 24.1. The Labute approximate surface area is 235 Å². The van der Waals surface area contributed by atoms with Gasteiger partial charge in [0.05, 0.1) is 17.8 Å². The van der Waals surface area contributed by atoms with Crippen molar-refractivity contribution in [1.29, 1.82) is 0 Å². The molecule has 3 aromatic carbocycles. The number of halogens is 1. The van der Waals surface area contributed by atoms with Crippen LogP contribution in [0.15, 0.2) is 106 Å². The first-order chi connectivity index (χ1) is 18.4. The van der Waals surface area contributed by atoms with Crippen LogP contribution in [0.4, 0.5) is 0 Å². The third-order valence-electron chi connectivity index (χ3n) is 7.09. The van der Waals surface area contributed by atoms with Crippen molar-refractivity contribution in [3.8, 4) is 0 Å². The van der Waals surface area contributed by atoms with E-state index in [1.54, 1.807) is 6.08 Å². The van der Waals surface area contributed by atoms with Crippen LogP contribution in [0.2, 0.25) is 0 Å². The van der Waals surface area contributed by atoms with Crippen molar-refractivity contribution in [2.75, 3.05) is 13.1 Å². The van der Waals surface area contributed by atoms with Crippen molar-refractivity contribution < 1.29 is 4.79 Å². The summed E-state index contributed by atoms with van der Waals surface area (Å²) < 4.78 is 0.878. The molecule has 0 radical (unpaired) electrons. The van der Waals surface area contributed by atoms with Gasteiger partial charge in [0.1, 0.15) is 0 Å². The van der Waals surface area contributed by atoms with E-state index in [2.05, 4.69) is 84.1 Å². The fraction of sp³-hybridized carbons (Fsp3) is 0.273. The van der Waals surface area contributed by atoms with E-state index in [4.69, 9.17) is 4.99 Å². The highest BCUT2D eigenvalue weighted by molar-refractivity contribution is 9.11. The zero-order chi connectivity index (χ0) is 27.1. The molecule has 1 saturated heterocycles. The first-order valence-corrected chi connectivity index (χ1v) is 14.0. The number of allylic oxidation sites excluding steroid dienone is 5. The molecule has 196 valence electrons. The smallest absolute Gasteiger partial charge is 0.227 e. The first-order valence-electron chi connectivity index (χ1n) is 13.2. The van der Waals surface area contributed by atoms with Crippen LogP contribution in [0.25, 0.3) is 10.8 Å². The van der Waals surface area contributed by atoms with Crippen molar-refractivity contribution >= 4 is 38.3 Å². The van der Waals surface area contributed by atoms with E-state index in [1.807, 2.05) is 42.2 Å². The Morgan fingerprint density at radius 1 is 1.05 bits per heavy atom. The van der Waals surface area contributed by atoms with E-state index >= 15 is 0 Å². The molecular formula is C33H36BrN3O. The molecule has 1 amide bonds. The number of hydrogen-bond donors (Lipinski definition) is 1. The number of nitrogens with zero attached hydrogens (tertiary/aromatic N) is 2. The molecule has 1 heterocycles. The average Bonchev–Trinajstić information content (AvgIpc) is 2.93. The summed E-state index contributed by atoms with van der Waals surface area (Å²) in [4.78, 5) is 20.1. The van der Waals surface area contributed by atoms with Crippen LogP contribution in [0.5, 0.6) is 0 Å². The SMILES string of the molecule is C=C/C(Br)=C(C)/N=C(\C=C(/C)NC1CCN(C(=O)Cc2cccc3ccccc23)CC1)c1ccccc1C. The largest absolute Gasteiger partial charge is 0.386 e. The summed E-state index contributed by atoms with van der Waals surface area (Å²) in [6.07, 6.45) is 6.17. The normalized spacial score (nSPS) is 15.8. The summed E-state index contributed by atoms with van der Waals surface area (Å²) in [6, 6.07) is 23.1. The van der Waals surface area contributed by atoms with Crippen molar-refractivity contribution in [2.45, 2.75) is 46.1 Å². The molecule has 0 spiro atoms. The highest BCUT2D eigenvalue weighted by Crippen LogP contribution is 2.21. The number of carbonyl (C=O) groups excluding carboxylic acids is 1. The minimum Gasteiger partial charge on any atom is -0.386 e. The van der Waals surface area contributed by atoms with Crippen molar-refractivity contribution in [2.24, 2.45) is 4.99 Å². The lowest BCUT2D eigenvalue weighted by molar-refractivity contribution is -0.131. The van der Waals surface area contributed by atoms with E-state index in [-0.39, 0.29) is 5.91 Å². The molecule has 0 aliphatic carbocycles. The van der Waals surface area contributed by atoms with Crippen LogP contribution in [0, 0.1) is 6.92 Å². The molecule has 38 heavy (non-hydrogen) atoms. The summed E-state index contributed by atoms with van der Waals surface area (Å²) in [5.41, 5.74) is 6.23. The lowest BCUT2D eigenvalue weighted by atomic mass is 10.00. The van der Waals surface area contributed by atoms with E-state index in [1.165, 1.54) is 10.9 Å². The fourth-order valence-electron chi connectivity index (χ4n) is 4.98. The summed E-state index contributed by atoms with van der Waals surface area (Å²) in [7, 11) is 0. The third kappa shape index (κ3) is 6.90. The third-order valence-corrected chi connectivity index (χ3v) is 7.99. The lowest BCUT2D eigenvalue weighted by Crippen LogP contribution is -2.45. The number of aliphatic imine (C=N–C) groups is 1. The summed E-state index contributed by atoms with van der Waals surface area (Å²) in [5, 5.41) is 6.03. The van der Waals surface area contributed by atoms with Gasteiger partial charge in [0, 0.05) is 34.9 Å². The van der Waals surface area contributed by atoms with Gasteiger partial charge >= 0.3 is 0 Å².